The molecule has 0 fully saturated rings. The molecule has 0 amide bonds. The lowest BCUT2D eigenvalue weighted by molar-refractivity contribution is -0.661. The molecule has 0 aliphatic carbocycles. The maximum Gasteiger partial charge on any atom is 0.286 e. The summed E-state index contributed by atoms with van der Waals surface area (Å²) in [7, 11) is 0. The molecule has 0 saturated heterocycles. The van der Waals surface area contributed by atoms with Gasteiger partial charge in [0.15, 0.2) is 0 Å². The largest absolute Gasteiger partial charge is 0.286 e. The number of aromatic nitrogens is 2. The fraction of sp³-hybridized carbons (Fsp3) is 0.0714. The summed E-state index contributed by atoms with van der Waals surface area (Å²) in [5.41, 5.74) is 2.29. The van der Waals surface area contributed by atoms with E-state index in [1.165, 1.54) is 0 Å². The van der Waals surface area contributed by atoms with Crippen LogP contribution in [0.3, 0.4) is 0 Å². The van der Waals surface area contributed by atoms with E-state index >= 15 is 0 Å². The molecule has 0 aliphatic heterocycles. The van der Waals surface area contributed by atoms with Crippen LogP contribution >= 0.6 is 11.6 Å². The Hall–Kier alpha value is -1.80. The fourth-order valence-electron chi connectivity index (χ4n) is 1.99. The Balaban J connectivity index is 2.03. The van der Waals surface area contributed by atoms with Gasteiger partial charge >= 0.3 is 0 Å². The second-order valence-corrected chi connectivity index (χ2v) is 4.39. The molecule has 2 heterocycles. The molecule has 0 N–H and O–H groups in total. The smallest absolute Gasteiger partial charge is 0.226 e. The number of hydrogen-bond acceptors (Lipinski definition) is 0. The van der Waals surface area contributed by atoms with Gasteiger partial charge in [0.1, 0.15) is 18.9 Å². The van der Waals surface area contributed by atoms with Crippen LogP contribution in [0.15, 0.2) is 61.1 Å². The zero-order valence-electron chi connectivity index (χ0n) is 9.25. The van der Waals surface area contributed by atoms with Gasteiger partial charge in [0.25, 0.3) is 5.65 Å². The number of halogens is 1. The van der Waals surface area contributed by atoms with Crippen molar-refractivity contribution >= 4 is 17.2 Å². The first-order chi connectivity index (χ1) is 8.34. The molecule has 0 unspecified atom stereocenters. The summed E-state index contributed by atoms with van der Waals surface area (Å²) in [6, 6.07) is 14.1. The molecule has 0 bridgehead atoms. The van der Waals surface area contributed by atoms with Crippen LogP contribution in [0.4, 0.5) is 0 Å². The Bertz CT molecular complexity index is 658. The molecule has 0 atom stereocenters. The van der Waals surface area contributed by atoms with E-state index in [1.54, 1.807) is 0 Å². The third-order valence-corrected chi connectivity index (χ3v) is 3.24. The molecular weight excluding hydrogens is 232 g/mol. The molecule has 0 spiro atoms. The van der Waals surface area contributed by atoms with E-state index in [0.29, 0.717) is 0 Å². The van der Waals surface area contributed by atoms with Gasteiger partial charge in [-0.1, -0.05) is 35.9 Å². The molecule has 0 aliphatic rings. The Morgan fingerprint density at radius 1 is 1.00 bits per heavy atom. The van der Waals surface area contributed by atoms with Gasteiger partial charge in [-0.2, -0.15) is 0 Å². The minimum absolute atomic E-state index is 0.792. The lowest BCUT2D eigenvalue weighted by Gasteiger charge is -2.01. The highest BCUT2D eigenvalue weighted by Crippen LogP contribution is 2.14. The average molecular weight is 244 g/mol. The summed E-state index contributed by atoms with van der Waals surface area (Å²) in [4.78, 5) is 0. The van der Waals surface area contributed by atoms with Crippen LogP contribution in [0.1, 0.15) is 5.56 Å². The first-order valence-corrected chi connectivity index (χ1v) is 5.91. The van der Waals surface area contributed by atoms with Gasteiger partial charge in [-0.15, -0.1) is 0 Å². The van der Waals surface area contributed by atoms with Gasteiger partial charge in [0, 0.05) is 16.7 Å². The van der Waals surface area contributed by atoms with E-state index < -0.39 is 0 Å². The van der Waals surface area contributed by atoms with Crippen molar-refractivity contribution in [3.8, 4) is 0 Å². The Morgan fingerprint density at radius 2 is 1.82 bits per heavy atom. The molecule has 3 aromatic rings. The van der Waals surface area contributed by atoms with Crippen LogP contribution in [0.25, 0.3) is 5.65 Å². The molecule has 3 rings (SSSR count). The molecule has 84 valence electrons. The number of hydrogen-bond donors (Lipinski definition) is 0. The van der Waals surface area contributed by atoms with E-state index in [0.717, 1.165) is 22.8 Å². The van der Waals surface area contributed by atoms with E-state index in [4.69, 9.17) is 11.6 Å². The van der Waals surface area contributed by atoms with Crippen molar-refractivity contribution in [3.63, 3.8) is 0 Å². The second kappa shape index (κ2) is 4.22. The van der Waals surface area contributed by atoms with Crippen molar-refractivity contribution in [3.05, 3.63) is 71.6 Å². The van der Waals surface area contributed by atoms with Crippen molar-refractivity contribution in [1.82, 2.24) is 4.40 Å². The normalized spacial score (nSPS) is 10.9. The fourth-order valence-corrected chi connectivity index (χ4v) is 2.18. The Labute approximate surface area is 105 Å². The minimum atomic E-state index is 0.792. The molecule has 0 saturated carbocycles. The predicted molar refractivity (Wildman–Crippen MR) is 68.1 cm³/mol. The average Bonchev–Trinajstić information content (AvgIpc) is 2.76. The highest BCUT2D eigenvalue weighted by atomic mass is 35.5. The number of fused-ring (bicyclic) bond motifs is 1. The van der Waals surface area contributed by atoms with Crippen molar-refractivity contribution in [1.29, 1.82) is 0 Å². The van der Waals surface area contributed by atoms with Crippen LogP contribution in [0.2, 0.25) is 5.02 Å². The van der Waals surface area contributed by atoms with Gasteiger partial charge < -0.3 is 0 Å². The molecule has 17 heavy (non-hydrogen) atoms. The van der Waals surface area contributed by atoms with Gasteiger partial charge in [-0.25, -0.2) is 8.97 Å². The standard InChI is InChI=1S/C14H12ClN2/c15-13-6-2-1-5-12(13)11-17-10-9-16-8-4-3-7-14(16)17/h1-10H,11H2/q+1. The number of rotatable bonds is 2. The highest BCUT2D eigenvalue weighted by molar-refractivity contribution is 6.31. The highest BCUT2D eigenvalue weighted by Gasteiger charge is 2.10. The second-order valence-electron chi connectivity index (χ2n) is 3.98. The van der Waals surface area contributed by atoms with Crippen molar-refractivity contribution in [2.24, 2.45) is 0 Å². The van der Waals surface area contributed by atoms with Gasteiger partial charge in [-0.3, -0.25) is 0 Å². The number of pyridine rings is 1. The topological polar surface area (TPSA) is 8.29 Å². The van der Waals surface area contributed by atoms with Crippen molar-refractivity contribution in [2.75, 3.05) is 0 Å². The van der Waals surface area contributed by atoms with Gasteiger partial charge in [-0.05, 0) is 12.1 Å². The van der Waals surface area contributed by atoms with E-state index in [9.17, 15) is 0 Å². The Kier molecular flexibility index (Phi) is 2.57. The van der Waals surface area contributed by atoms with Crippen molar-refractivity contribution in [2.45, 2.75) is 6.54 Å². The monoisotopic (exact) mass is 243 g/mol. The molecule has 0 radical (unpaired) electrons. The number of nitrogens with zero attached hydrogens (tertiary/aromatic N) is 2. The predicted octanol–water partition coefficient (Wildman–Crippen LogP) is 2.93. The lowest BCUT2D eigenvalue weighted by Crippen LogP contribution is -2.32. The number of benzene rings is 1. The zero-order valence-corrected chi connectivity index (χ0v) is 10.0. The van der Waals surface area contributed by atoms with Crippen LogP contribution < -0.4 is 4.57 Å². The summed E-state index contributed by atoms with van der Waals surface area (Å²) in [6.45, 7) is 0.792. The van der Waals surface area contributed by atoms with Gasteiger partial charge in [0.2, 0.25) is 0 Å². The van der Waals surface area contributed by atoms with E-state index in [2.05, 4.69) is 27.3 Å². The molecular formula is C14H12ClN2+. The first-order valence-electron chi connectivity index (χ1n) is 5.53. The summed E-state index contributed by atoms with van der Waals surface area (Å²) < 4.78 is 4.28. The van der Waals surface area contributed by atoms with E-state index in [1.807, 2.05) is 42.7 Å². The van der Waals surface area contributed by atoms with Crippen LogP contribution in [0, 0.1) is 0 Å². The maximum absolute atomic E-state index is 6.17. The summed E-state index contributed by atoms with van der Waals surface area (Å²) in [5.74, 6) is 0. The SMILES string of the molecule is Clc1ccccc1C[n+]1ccn2ccccc21. The quantitative estimate of drug-likeness (QED) is 0.612. The minimum Gasteiger partial charge on any atom is -0.226 e. The third-order valence-electron chi connectivity index (χ3n) is 2.87. The maximum atomic E-state index is 6.17. The summed E-state index contributed by atoms with van der Waals surface area (Å²) >= 11 is 6.17. The summed E-state index contributed by atoms with van der Waals surface area (Å²) in [5, 5.41) is 0.815. The van der Waals surface area contributed by atoms with Crippen LogP contribution in [0.5, 0.6) is 0 Å². The lowest BCUT2D eigenvalue weighted by atomic mass is 10.2. The third kappa shape index (κ3) is 1.92. The first kappa shape index (κ1) is 10.4. The van der Waals surface area contributed by atoms with Crippen LogP contribution in [-0.4, -0.2) is 4.40 Å². The van der Waals surface area contributed by atoms with Gasteiger partial charge in [0.05, 0.1) is 6.20 Å². The van der Waals surface area contributed by atoms with E-state index in [-0.39, 0.29) is 0 Å². The Morgan fingerprint density at radius 3 is 2.71 bits per heavy atom. The van der Waals surface area contributed by atoms with Crippen LogP contribution in [-0.2, 0) is 6.54 Å². The molecule has 3 heteroatoms. The zero-order chi connectivity index (χ0) is 11.7. The molecule has 2 aromatic heterocycles. The summed E-state index contributed by atoms with van der Waals surface area (Å²) in [6.07, 6.45) is 6.16. The molecule has 1 aromatic carbocycles. The molecule has 2 nitrogen and oxygen atoms in total. The van der Waals surface area contributed by atoms with Crippen molar-refractivity contribution < 1.29 is 4.57 Å². The number of imidazole rings is 1.